The standard InChI is InChI=1S/C10H17NO2/c12-9(13)8-7-10(11-8)5-3-1-2-4-6-10/h8,11H,1-7H2,(H,12,13). The highest BCUT2D eigenvalue weighted by Crippen LogP contribution is 2.37. The summed E-state index contributed by atoms with van der Waals surface area (Å²) >= 11 is 0. The molecule has 2 N–H and O–H groups in total. The van der Waals surface area contributed by atoms with Crippen LogP contribution in [0.1, 0.15) is 44.9 Å². The Bertz CT molecular complexity index is 199. The fourth-order valence-electron chi connectivity index (χ4n) is 2.64. The molecule has 0 aromatic heterocycles. The molecule has 1 unspecified atom stereocenters. The second-order valence-corrected chi connectivity index (χ2v) is 4.43. The van der Waals surface area contributed by atoms with Gasteiger partial charge in [-0.05, 0) is 19.3 Å². The third-order valence-corrected chi connectivity index (χ3v) is 3.43. The zero-order chi connectivity index (χ0) is 9.31. The molecule has 74 valence electrons. The summed E-state index contributed by atoms with van der Waals surface area (Å²) in [5.74, 6) is -0.685. The molecule has 1 saturated heterocycles. The van der Waals surface area contributed by atoms with Gasteiger partial charge in [0.15, 0.2) is 0 Å². The largest absolute Gasteiger partial charge is 0.480 e. The lowest BCUT2D eigenvalue weighted by Gasteiger charge is -2.47. The van der Waals surface area contributed by atoms with Crippen molar-refractivity contribution in [1.82, 2.24) is 5.32 Å². The number of carboxylic acids is 1. The molecule has 1 spiro atoms. The van der Waals surface area contributed by atoms with Crippen LogP contribution in [-0.2, 0) is 4.79 Å². The summed E-state index contributed by atoms with van der Waals surface area (Å²) in [5.41, 5.74) is 0.208. The van der Waals surface area contributed by atoms with Gasteiger partial charge in [0.25, 0.3) is 0 Å². The number of hydrogen-bond acceptors (Lipinski definition) is 2. The summed E-state index contributed by atoms with van der Waals surface area (Å²) in [4.78, 5) is 10.6. The van der Waals surface area contributed by atoms with Crippen LogP contribution in [0.15, 0.2) is 0 Å². The Hall–Kier alpha value is -0.570. The molecule has 0 aromatic rings. The number of carbonyl (C=O) groups is 1. The van der Waals surface area contributed by atoms with Crippen molar-refractivity contribution >= 4 is 5.97 Å². The molecule has 1 heterocycles. The Balaban J connectivity index is 1.89. The van der Waals surface area contributed by atoms with Gasteiger partial charge in [-0.1, -0.05) is 25.7 Å². The zero-order valence-electron chi connectivity index (χ0n) is 7.88. The van der Waals surface area contributed by atoms with Crippen molar-refractivity contribution in [2.24, 2.45) is 0 Å². The highest BCUT2D eigenvalue weighted by molar-refractivity contribution is 5.75. The third-order valence-electron chi connectivity index (χ3n) is 3.43. The first kappa shape index (κ1) is 9.00. The Morgan fingerprint density at radius 3 is 2.23 bits per heavy atom. The highest BCUT2D eigenvalue weighted by Gasteiger charge is 2.46. The van der Waals surface area contributed by atoms with Crippen LogP contribution in [0.25, 0.3) is 0 Å². The Morgan fingerprint density at radius 2 is 1.77 bits per heavy atom. The fourth-order valence-corrected chi connectivity index (χ4v) is 2.64. The summed E-state index contributed by atoms with van der Waals surface area (Å²) < 4.78 is 0. The predicted molar refractivity (Wildman–Crippen MR) is 49.6 cm³/mol. The van der Waals surface area contributed by atoms with Crippen molar-refractivity contribution in [2.45, 2.75) is 56.5 Å². The number of hydrogen-bond donors (Lipinski definition) is 2. The van der Waals surface area contributed by atoms with Gasteiger partial charge < -0.3 is 5.11 Å². The zero-order valence-corrected chi connectivity index (χ0v) is 7.88. The van der Waals surface area contributed by atoms with Crippen molar-refractivity contribution in [2.75, 3.05) is 0 Å². The first-order chi connectivity index (χ1) is 6.22. The van der Waals surface area contributed by atoms with Gasteiger partial charge in [-0.2, -0.15) is 0 Å². The van der Waals surface area contributed by atoms with Crippen LogP contribution >= 0.6 is 0 Å². The van der Waals surface area contributed by atoms with Gasteiger partial charge >= 0.3 is 5.97 Å². The summed E-state index contributed by atoms with van der Waals surface area (Å²) in [5, 5.41) is 12.0. The minimum atomic E-state index is -0.685. The van der Waals surface area contributed by atoms with E-state index in [1.54, 1.807) is 0 Å². The first-order valence-electron chi connectivity index (χ1n) is 5.22. The second-order valence-electron chi connectivity index (χ2n) is 4.43. The fraction of sp³-hybridized carbons (Fsp3) is 0.900. The number of aliphatic carboxylic acids is 1. The van der Waals surface area contributed by atoms with E-state index in [0.29, 0.717) is 0 Å². The second kappa shape index (κ2) is 3.29. The van der Waals surface area contributed by atoms with Crippen molar-refractivity contribution in [1.29, 1.82) is 0 Å². The van der Waals surface area contributed by atoms with Crippen molar-refractivity contribution in [3.63, 3.8) is 0 Å². The Morgan fingerprint density at radius 1 is 1.23 bits per heavy atom. The van der Waals surface area contributed by atoms with E-state index in [0.717, 1.165) is 6.42 Å². The van der Waals surface area contributed by atoms with E-state index >= 15 is 0 Å². The topological polar surface area (TPSA) is 49.3 Å². The number of nitrogens with one attached hydrogen (secondary N) is 1. The van der Waals surface area contributed by atoms with E-state index in [-0.39, 0.29) is 11.6 Å². The quantitative estimate of drug-likeness (QED) is 0.648. The summed E-state index contributed by atoms with van der Waals surface area (Å²) in [6, 6.07) is -0.266. The minimum Gasteiger partial charge on any atom is -0.480 e. The van der Waals surface area contributed by atoms with E-state index in [9.17, 15) is 4.79 Å². The monoisotopic (exact) mass is 183 g/mol. The lowest BCUT2D eigenvalue weighted by molar-refractivity contribution is -0.144. The normalized spacial score (nSPS) is 32.2. The Labute approximate surface area is 78.5 Å². The first-order valence-corrected chi connectivity index (χ1v) is 5.22. The van der Waals surface area contributed by atoms with Crippen LogP contribution in [0.3, 0.4) is 0 Å². The van der Waals surface area contributed by atoms with Gasteiger partial charge in [-0.3, -0.25) is 10.1 Å². The summed E-state index contributed by atoms with van der Waals surface area (Å²) in [7, 11) is 0. The lowest BCUT2D eigenvalue weighted by Crippen LogP contribution is -2.66. The maximum Gasteiger partial charge on any atom is 0.320 e. The van der Waals surface area contributed by atoms with Gasteiger partial charge in [0.2, 0.25) is 0 Å². The molecule has 1 saturated carbocycles. The van der Waals surface area contributed by atoms with Gasteiger partial charge in [-0.25, -0.2) is 0 Å². The number of rotatable bonds is 1. The summed E-state index contributed by atoms with van der Waals surface area (Å²) in [6.07, 6.45) is 8.37. The highest BCUT2D eigenvalue weighted by atomic mass is 16.4. The lowest BCUT2D eigenvalue weighted by atomic mass is 9.76. The van der Waals surface area contributed by atoms with Gasteiger partial charge in [0, 0.05) is 5.54 Å². The molecule has 2 aliphatic rings. The minimum absolute atomic E-state index is 0.208. The van der Waals surface area contributed by atoms with Crippen molar-refractivity contribution in [3.8, 4) is 0 Å². The Kier molecular flexibility index (Phi) is 2.28. The van der Waals surface area contributed by atoms with Crippen LogP contribution in [0, 0.1) is 0 Å². The molecule has 0 bridgehead atoms. The average molecular weight is 183 g/mol. The molecule has 0 amide bonds. The van der Waals surface area contributed by atoms with Crippen LogP contribution in [-0.4, -0.2) is 22.7 Å². The van der Waals surface area contributed by atoms with E-state index < -0.39 is 5.97 Å². The molecule has 0 aromatic carbocycles. The van der Waals surface area contributed by atoms with Gasteiger partial charge in [0.1, 0.15) is 6.04 Å². The van der Waals surface area contributed by atoms with Crippen LogP contribution in [0.5, 0.6) is 0 Å². The molecule has 3 heteroatoms. The predicted octanol–water partition coefficient (Wildman–Crippen LogP) is 1.53. The van der Waals surface area contributed by atoms with E-state index in [1.165, 1.54) is 38.5 Å². The average Bonchev–Trinajstić information content (AvgIpc) is 2.24. The molecule has 2 fully saturated rings. The number of carboxylic acid groups (broad SMARTS) is 1. The molecule has 2 rings (SSSR count). The maximum absolute atomic E-state index is 10.6. The van der Waals surface area contributed by atoms with Crippen LogP contribution in [0.2, 0.25) is 0 Å². The molecule has 1 aliphatic heterocycles. The SMILES string of the molecule is O=C(O)C1CC2(CCCCCC2)N1. The van der Waals surface area contributed by atoms with Crippen molar-refractivity contribution in [3.05, 3.63) is 0 Å². The molecule has 3 nitrogen and oxygen atoms in total. The van der Waals surface area contributed by atoms with Gasteiger partial charge in [0.05, 0.1) is 0 Å². The smallest absolute Gasteiger partial charge is 0.320 e. The third kappa shape index (κ3) is 1.70. The van der Waals surface area contributed by atoms with Crippen molar-refractivity contribution < 1.29 is 9.90 Å². The maximum atomic E-state index is 10.6. The van der Waals surface area contributed by atoms with E-state index in [2.05, 4.69) is 5.32 Å². The molecule has 1 aliphatic carbocycles. The molecule has 1 atom stereocenters. The molecular formula is C10H17NO2. The molecule has 0 radical (unpaired) electrons. The van der Waals surface area contributed by atoms with Crippen LogP contribution < -0.4 is 5.32 Å². The van der Waals surface area contributed by atoms with E-state index in [1.807, 2.05) is 0 Å². The molecular weight excluding hydrogens is 166 g/mol. The molecule has 13 heavy (non-hydrogen) atoms. The van der Waals surface area contributed by atoms with Gasteiger partial charge in [-0.15, -0.1) is 0 Å². The summed E-state index contributed by atoms with van der Waals surface area (Å²) in [6.45, 7) is 0. The van der Waals surface area contributed by atoms with E-state index in [4.69, 9.17) is 5.11 Å². The van der Waals surface area contributed by atoms with Crippen LogP contribution in [0.4, 0.5) is 0 Å².